The summed E-state index contributed by atoms with van der Waals surface area (Å²) in [6.07, 6.45) is 4.89. The van der Waals surface area contributed by atoms with Gasteiger partial charge in [-0.05, 0) is 83.7 Å². The molecule has 2 aliphatic carbocycles. The molecule has 0 amide bonds. The van der Waals surface area contributed by atoms with Crippen molar-refractivity contribution < 1.29 is 0 Å². The Kier molecular flexibility index (Phi) is 7.41. The average Bonchev–Trinajstić information content (AvgIpc) is 3.68. The summed E-state index contributed by atoms with van der Waals surface area (Å²) in [5, 5.41) is 0. The smallest absolute Gasteiger partial charge is 0.0415 e. The molecular formula is C49H46. The zero-order valence-corrected chi connectivity index (χ0v) is 29.7. The molecule has 1 atom stereocenters. The van der Waals surface area contributed by atoms with Crippen LogP contribution in [0, 0.1) is 0 Å². The lowest BCUT2D eigenvalue weighted by molar-refractivity contribution is 0.415. The van der Waals surface area contributed by atoms with Gasteiger partial charge >= 0.3 is 0 Å². The number of benzene rings is 6. The van der Waals surface area contributed by atoms with Crippen molar-refractivity contribution in [2.24, 2.45) is 0 Å². The Morgan fingerprint density at radius 3 is 1.39 bits per heavy atom. The maximum atomic E-state index is 2.55. The summed E-state index contributed by atoms with van der Waals surface area (Å²) >= 11 is 0. The van der Waals surface area contributed by atoms with Crippen molar-refractivity contribution in [3.05, 3.63) is 196 Å². The quantitative estimate of drug-likeness (QED) is 0.177. The van der Waals surface area contributed by atoms with E-state index in [1.165, 1.54) is 66.8 Å². The lowest BCUT2D eigenvalue weighted by atomic mass is 9.55. The van der Waals surface area contributed by atoms with E-state index in [-0.39, 0.29) is 22.7 Å². The second kappa shape index (κ2) is 11.6. The fourth-order valence-corrected chi connectivity index (χ4v) is 8.66. The summed E-state index contributed by atoms with van der Waals surface area (Å²) in [4.78, 5) is 0. The Morgan fingerprint density at radius 2 is 0.898 bits per heavy atom. The van der Waals surface area contributed by atoms with E-state index in [2.05, 4.69) is 199 Å². The lowest BCUT2D eigenvalue weighted by Gasteiger charge is -2.46. The predicted molar refractivity (Wildman–Crippen MR) is 208 cm³/mol. The van der Waals surface area contributed by atoms with Crippen LogP contribution in [-0.2, 0) is 16.2 Å². The molecule has 0 saturated heterocycles. The molecule has 0 bridgehead atoms. The standard InChI is InChI=1S/C49H46/c1-47(2,3)38-25-27-40-41-28-26-39(48(4,5)6)32-44(41)46(43(40)31-38)49(36-18-12-8-13-19-36,37-20-14-9-15-21-37)45-29-24-34-22-23-35(30-42(34)45)33-16-10-7-11-17-33/h7-32,45-46H,1-6H3. The van der Waals surface area contributed by atoms with Gasteiger partial charge in [0.2, 0.25) is 0 Å². The third-order valence-electron chi connectivity index (χ3n) is 11.2. The van der Waals surface area contributed by atoms with Crippen molar-refractivity contribution in [2.75, 3.05) is 0 Å². The highest BCUT2D eigenvalue weighted by molar-refractivity contribution is 5.83. The average molecular weight is 635 g/mol. The largest absolute Gasteiger partial charge is 0.0751 e. The van der Waals surface area contributed by atoms with Gasteiger partial charge in [0.15, 0.2) is 0 Å². The van der Waals surface area contributed by atoms with E-state index in [1.807, 2.05) is 0 Å². The van der Waals surface area contributed by atoms with Crippen LogP contribution in [0.5, 0.6) is 0 Å². The Morgan fingerprint density at radius 1 is 0.408 bits per heavy atom. The first-order valence-corrected chi connectivity index (χ1v) is 17.8. The summed E-state index contributed by atoms with van der Waals surface area (Å²) in [5.41, 5.74) is 15.9. The summed E-state index contributed by atoms with van der Waals surface area (Å²) in [7, 11) is 0. The molecule has 1 unspecified atom stereocenters. The second-order valence-corrected chi connectivity index (χ2v) is 16.2. The van der Waals surface area contributed by atoms with Gasteiger partial charge in [-0.2, -0.15) is 0 Å². The van der Waals surface area contributed by atoms with Crippen LogP contribution >= 0.6 is 0 Å². The maximum absolute atomic E-state index is 2.55. The number of hydrogen-bond donors (Lipinski definition) is 0. The first-order chi connectivity index (χ1) is 23.6. The van der Waals surface area contributed by atoms with E-state index in [1.54, 1.807) is 0 Å². The minimum Gasteiger partial charge on any atom is -0.0751 e. The van der Waals surface area contributed by atoms with Gasteiger partial charge in [-0.1, -0.05) is 193 Å². The van der Waals surface area contributed by atoms with E-state index >= 15 is 0 Å². The molecule has 0 saturated carbocycles. The Hall–Kier alpha value is -4.94. The Bertz CT molecular complexity index is 2070. The van der Waals surface area contributed by atoms with Gasteiger partial charge in [0.05, 0.1) is 0 Å². The van der Waals surface area contributed by atoms with Crippen LogP contribution < -0.4 is 0 Å². The number of allylic oxidation sites excluding steroid dienone is 1. The molecule has 8 rings (SSSR count). The van der Waals surface area contributed by atoms with Gasteiger partial charge < -0.3 is 0 Å². The van der Waals surface area contributed by atoms with Crippen LogP contribution in [0.15, 0.2) is 152 Å². The molecule has 0 N–H and O–H groups in total. The van der Waals surface area contributed by atoms with Crippen LogP contribution in [0.2, 0.25) is 0 Å². The van der Waals surface area contributed by atoms with Gasteiger partial charge in [-0.3, -0.25) is 0 Å². The molecule has 6 aromatic carbocycles. The third-order valence-corrected chi connectivity index (χ3v) is 11.2. The fourth-order valence-electron chi connectivity index (χ4n) is 8.66. The number of fused-ring (bicyclic) bond motifs is 4. The van der Waals surface area contributed by atoms with Gasteiger partial charge in [-0.25, -0.2) is 0 Å². The maximum Gasteiger partial charge on any atom is 0.0415 e. The first-order valence-electron chi connectivity index (χ1n) is 17.8. The topological polar surface area (TPSA) is 0 Å². The van der Waals surface area contributed by atoms with Gasteiger partial charge in [0.25, 0.3) is 0 Å². The van der Waals surface area contributed by atoms with Crippen molar-refractivity contribution in [1.29, 1.82) is 0 Å². The van der Waals surface area contributed by atoms with E-state index < -0.39 is 5.41 Å². The molecule has 0 heteroatoms. The van der Waals surface area contributed by atoms with E-state index in [4.69, 9.17) is 0 Å². The molecule has 242 valence electrons. The zero-order valence-electron chi connectivity index (χ0n) is 29.7. The first kappa shape index (κ1) is 31.3. The van der Waals surface area contributed by atoms with Gasteiger partial charge in [0, 0.05) is 17.3 Å². The van der Waals surface area contributed by atoms with Crippen LogP contribution in [0.4, 0.5) is 0 Å². The molecule has 0 aromatic heterocycles. The summed E-state index contributed by atoms with van der Waals surface area (Å²) in [6.45, 7) is 14.0. The third kappa shape index (κ3) is 5.12. The molecule has 6 aromatic rings. The Balaban J connectivity index is 1.50. The zero-order chi connectivity index (χ0) is 34.0. The van der Waals surface area contributed by atoms with E-state index in [0.29, 0.717) is 0 Å². The molecule has 2 aliphatic rings. The normalized spacial score (nSPS) is 15.6. The van der Waals surface area contributed by atoms with Crippen molar-refractivity contribution in [1.82, 2.24) is 0 Å². The molecule has 0 radical (unpaired) electrons. The van der Waals surface area contributed by atoms with Crippen molar-refractivity contribution in [3.63, 3.8) is 0 Å². The molecule has 0 spiro atoms. The lowest BCUT2D eigenvalue weighted by Crippen LogP contribution is -2.40. The minimum absolute atomic E-state index is 0.0253. The summed E-state index contributed by atoms with van der Waals surface area (Å²) < 4.78 is 0. The monoisotopic (exact) mass is 634 g/mol. The van der Waals surface area contributed by atoms with E-state index in [0.717, 1.165) is 0 Å². The van der Waals surface area contributed by atoms with Gasteiger partial charge in [-0.15, -0.1) is 0 Å². The molecular weight excluding hydrogens is 589 g/mol. The highest BCUT2D eigenvalue weighted by Crippen LogP contribution is 2.63. The molecule has 49 heavy (non-hydrogen) atoms. The summed E-state index contributed by atoms with van der Waals surface area (Å²) in [5.74, 6) is 0.171. The number of rotatable bonds is 5. The predicted octanol–water partition coefficient (Wildman–Crippen LogP) is 12.9. The van der Waals surface area contributed by atoms with Gasteiger partial charge in [0.1, 0.15) is 0 Å². The number of hydrogen-bond acceptors (Lipinski definition) is 0. The van der Waals surface area contributed by atoms with Crippen molar-refractivity contribution in [2.45, 2.75) is 69.6 Å². The van der Waals surface area contributed by atoms with Crippen molar-refractivity contribution in [3.8, 4) is 22.3 Å². The SMILES string of the molecule is CC(C)(C)c1ccc2c(c1)C(C(c1ccccc1)(c1ccccc1)C1C=Cc3ccc(-c4ccccc4)cc31)c1cc(C(C)(C)C)ccc1-2. The Labute approximate surface area is 293 Å². The van der Waals surface area contributed by atoms with E-state index in [9.17, 15) is 0 Å². The van der Waals surface area contributed by atoms with Crippen LogP contribution in [0.1, 0.15) is 97.9 Å². The van der Waals surface area contributed by atoms with Crippen LogP contribution in [0.3, 0.4) is 0 Å². The van der Waals surface area contributed by atoms with Crippen LogP contribution in [0.25, 0.3) is 28.3 Å². The molecule has 0 heterocycles. The van der Waals surface area contributed by atoms with Crippen molar-refractivity contribution >= 4 is 6.08 Å². The molecule has 0 aliphatic heterocycles. The fraction of sp³-hybridized carbons (Fsp3) is 0.224. The summed E-state index contributed by atoms with van der Waals surface area (Å²) in [6, 6.07) is 55.4. The molecule has 0 nitrogen and oxygen atoms in total. The second-order valence-electron chi connectivity index (χ2n) is 16.2. The van der Waals surface area contributed by atoms with Crippen LogP contribution in [-0.4, -0.2) is 0 Å². The molecule has 0 fully saturated rings. The highest BCUT2D eigenvalue weighted by Gasteiger charge is 2.53. The minimum atomic E-state index is -0.438. The highest BCUT2D eigenvalue weighted by atomic mass is 14.5.